The molecule has 2 aliphatic carbocycles. The lowest BCUT2D eigenvalue weighted by Gasteiger charge is -2.21. The molecule has 0 heterocycles. The number of hydrogen-bond acceptors (Lipinski definition) is 0. The molecular weight excluding hydrogens is 456 g/mol. The van der Waals surface area contributed by atoms with Gasteiger partial charge in [-0.2, -0.15) is 0 Å². The molecule has 0 aromatic heterocycles. The van der Waals surface area contributed by atoms with Gasteiger partial charge in [-0.15, -0.1) is 0 Å². The van der Waals surface area contributed by atoms with Crippen molar-refractivity contribution >= 4 is 11.1 Å². The summed E-state index contributed by atoms with van der Waals surface area (Å²) in [7, 11) is 0. The zero-order chi connectivity index (χ0) is 25.6. The first-order valence-electron chi connectivity index (χ1n) is 13.5. The minimum atomic E-state index is 0.188. The van der Waals surface area contributed by atoms with Gasteiger partial charge in [0, 0.05) is 5.92 Å². The van der Waals surface area contributed by atoms with Crippen LogP contribution in [0.3, 0.4) is 0 Å². The molecule has 2 aliphatic rings. The van der Waals surface area contributed by atoms with Crippen LogP contribution < -0.4 is 0 Å². The van der Waals surface area contributed by atoms with Gasteiger partial charge in [-0.1, -0.05) is 139 Å². The quantitative estimate of drug-likeness (QED) is 0.237. The SMILES string of the molecule is Cc1ccc(C2=C(C3=C(c4ccccc4)c4ccccc4C3c3ccccc3)Cc3cc(C)ccc32)cc1. The predicted molar refractivity (Wildman–Crippen MR) is 159 cm³/mol. The number of allylic oxidation sites excluding steroid dienone is 2. The van der Waals surface area contributed by atoms with Crippen LogP contribution in [-0.4, -0.2) is 0 Å². The Kier molecular flexibility index (Phi) is 5.48. The summed E-state index contributed by atoms with van der Waals surface area (Å²) in [6.45, 7) is 4.37. The number of benzene rings is 5. The van der Waals surface area contributed by atoms with E-state index in [1.54, 1.807) is 0 Å². The molecule has 0 heteroatoms. The molecule has 7 rings (SSSR count). The summed E-state index contributed by atoms with van der Waals surface area (Å²) in [5.41, 5.74) is 17.8. The van der Waals surface area contributed by atoms with Crippen LogP contribution in [0.15, 0.2) is 139 Å². The minimum Gasteiger partial charge on any atom is -0.0622 e. The highest BCUT2D eigenvalue weighted by Crippen LogP contribution is 2.54. The Morgan fingerprint density at radius 1 is 0.526 bits per heavy atom. The van der Waals surface area contributed by atoms with E-state index in [0.717, 1.165) is 6.42 Å². The van der Waals surface area contributed by atoms with Crippen molar-refractivity contribution in [3.05, 3.63) is 189 Å². The van der Waals surface area contributed by atoms with Gasteiger partial charge in [0.25, 0.3) is 0 Å². The Hall–Kier alpha value is -4.42. The van der Waals surface area contributed by atoms with Crippen molar-refractivity contribution in [1.82, 2.24) is 0 Å². The molecule has 5 aromatic rings. The molecule has 0 aliphatic heterocycles. The van der Waals surface area contributed by atoms with Crippen LogP contribution >= 0.6 is 0 Å². The van der Waals surface area contributed by atoms with Gasteiger partial charge in [0.05, 0.1) is 0 Å². The molecule has 0 radical (unpaired) electrons. The fourth-order valence-electron chi connectivity index (χ4n) is 6.49. The monoisotopic (exact) mass is 486 g/mol. The highest BCUT2D eigenvalue weighted by atomic mass is 14.4. The van der Waals surface area contributed by atoms with Gasteiger partial charge in [0.15, 0.2) is 0 Å². The average Bonchev–Trinajstić information content (AvgIpc) is 3.50. The van der Waals surface area contributed by atoms with E-state index in [1.165, 1.54) is 72.4 Å². The Bertz CT molecular complexity index is 1710. The van der Waals surface area contributed by atoms with Crippen molar-refractivity contribution in [3.8, 4) is 0 Å². The molecule has 0 N–H and O–H groups in total. The highest BCUT2D eigenvalue weighted by Gasteiger charge is 2.38. The molecule has 1 unspecified atom stereocenters. The molecule has 5 aromatic carbocycles. The zero-order valence-electron chi connectivity index (χ0n) is 21.9. The van der Waals surface area contributed by atoms with Crippen molar-refractivity contribution in [1.29, 1.82) is 0 Å². The Morgan fingerprint density at radius 2 is 1.16 bits per heavy atom. The van der Waals surface area contributed by atoms with Crippen LogP contribution in [0, 0.1) is 13.8 Å². The van der Waals surface area contributed by atoms with Crippen molar-refractivity contribution in [2.24, 2.45) is 0 Å². The van der Waals surface area contributed by atoms with E-state index in [2.05, 4.69) is 141 Å². The van der Waals surface area contributed by atoms with E-state index < -0.39 is 0 Å². The smallest absolute Gasteiger partial charge is 0.0355 e. The van der Waals surface area contributed by atoms with Crippen LogP contribution in [0.5, 0.6) is 0 Å². The summed E-state index contributed by atoms with van der Waals surface area (Å²) in [4.78, 5) is 0. The average molecular weight is 487 g/mol. The summed E-state index contributed by atoms with van der Waals surface area (Å²) in [5, 5.41) is 0. The van der Waals surface area contributed by atoms with E-state index in [9.17, 15) is 0 Å². The third-order valence-corrected chi connectivity index (χ3v) is 8.16. The summed E-state index contributed by atoms with van der Waals surface area (Å²) < 4.78 is 0. The molecule has 0 spiro atoms. The molecule has 0 amide bonds. The summed E-state index contributed by atoms with van der Waals surface area (Å²) in [6.07, 6.45) is 0.948. The third-order valence-electron chi connectivity index (χ3n) is 8.16. The van der Waals surface area contributed by atoms with Crippen molar-refractivity contribution in [2.75, 3.05) is 0 Å². The van der Waals surface area contributed by atoms with Crippen LogP contribution in [-0.2, 0) is 6.42 Å². The Morgan fingerprint density at radius 3 is 1.92 bits per heavy atom. The van der Waals surface area contributed by atoms with Gasteiger partial charge in [0.2, 0.25) is 0 Å². The van der Waals surface area contributed by atoms with E-state index >= 15 is 0 Å². The van der Waals surface area contributed by atoms with E-state index in [-0.39, 0.29) is 5.92 Å². The second-order valence-corrected chi connectivity index (χ2v) is 10.6. The van der Waals surface area contributed by atoms with Crippen LogP contribution in [0.2, 0.25) is 0 Å². The van der Waals surface area contributed by atoms with Gasteiger partial charge in [-0.25, -0.2) is 0 Å². The standard InChI is InChI=1S/C38H30/c1-25-17-20-29(21-18-25)35-31-22-19-26(2)23-30(31)24-34(35)38-36(27-11-5-3-6-12-27)32-15-9-10-16-33(32)37(38)28-13-7-4-8-14-28/h3-23,36H,24H2,1-2H3. The first kappa shape index (κ1) is 22.8. The molecule has 182 valence electrons. The highest BCUT2D eigenvalue weighted by molar-refractivity contribution is 5.99. The second-order valence-electron chi connectivity index (χ2n) is 10.6. The first-order chi connectivity index (χ1) is 18.7. The Labute approximate surface area is 225 Å². The summed E-state index contributed by atoms with van der Waals surface area (Å²) in [5.74, 6) is 0.188. The fourth-order valence-corrected chi connectivity index (χ4v) is 6.49. The maximum Gasteiger partial charge on any atom is 0.0355 e. The Balaban J connectivity index is 1.59. The largest absolute Gasteiger partial charge is 0.0622 e. The maximum atomic E-state index is 2.39. The van der Waals surface area contributed by atoms with Crippen molar-refractivity contribution in [3.63, 3.8) is 0 Å². The van der Waals surface area contributed by atoms with Crippen molar-refractivity contribution in [2.45, 2.75) is 26.2 Å². The number of aryl methyl sites for hydroxylation is 2. The van der Waals surface area contributed by atoms with Gasteiger partial charge in [-0.05, 0) is 81.5 Å². The van der Waals surface area contributed by atoms with Gasteiger partial charge in [0.1, 0.15) is 0 Å². The van der Waals surface area contributed by atoms with Gasteiger partial charge < -0.3 is 0 Å². The molecule has 0 saturated heterocycles. The lowest BCUT2D eigenvalue weighted by molar-refractivity contribution is 0.968. The molecule has 0 bridgehead atoms. The van der Waals surface area contributed by atoms with Crippen LogP contribution in [0.4, 0.5) is 0 Å². The van der Waals surface area contributed by atoms with E-state index in [4.69, 9.17) is 0 Å². The molecule has 1 atom stereocenters. The normalized spacial score (nSPS) is 16.1. The number of fused-ring (bicyclic) bond motifs is 2. The summed E-state index contributed by atoms with van der Waals surface area (Å²) >= 11 is 0. The third kappa shape index (κ3) is 3.68. The van der Waals surface area contributed by atoms with Crippen LogP contribution in [0.1, 0.15) is 56.0 Å². The van der Waals surface area contributed by atoms with Gasteiger partial charge in [-0.3, -0.25) is 0 Å². The first-order valence-corrected chi connectivity index (χ1v) is 13.5. The summed E-state index contributed by atoms with van der Waals surface area (Å²) in [6, 6.07) is 47.2. The lowest BCUT2D eigenvalue weighted by Crippen LogP contribution is -2.05. The van der Waals surface area contributed by atoms with Gasteiger partial charge >= 0.3 is 0 Å². The maximum absolute atomic E-state index is 2.39. The predicted octanol–water partition coefficient (Wildman–Crippen LogP) is 9.31. The second kappa shape index (κ2) is 9.15. The molecule has 0 saturated carbocycles. The topological polar surface area (TPSA) is 0 Å². The molecule has 0 nitrogen and oxygen atoms in total. The van der Waals surface area contributed by atoms with E-state index in [0.29, 0.717) is 0 Å². The minimum absolute atomic E-state index is 0.188. The molecular formula is C38H30. The number of rotatable bonds is 4. The molecule has 0 fully saturated rings. The van der Waals surface area contributed by atoms with Crippen molar-refractivity contribution < 1.29 is 0 Å². The lowest BCUT2D eigenvalue weighted by atomic mass is 9.81. The molecule has 38 heavy (non-hydrogen) atoms. The van der Waals surface area contributed by atoms with Crippen LogP contribution in [0.25, 0.3) is 11.1 Å². The zero-order valence-corrected chi connectivity index (χ0v) is 21.9. The number of hydrogen-bond donors (Lipinski definition) is 0. The van der Waals surface area contributed by atoms with E-state index in [1.807, 2.05) is 0 Å². The fraction of sp³-hybridized carbons (Fsp3) is 0.105.